The molecular formula is C13H20O. The van der Waals surface area contributed by atoms with Gasteiger partial charge in [-0.05, 0) is 37.0 Å². The SMILES string of the molecule is CCCCc1cccc(OCCC)c1. The van der Waals surface area contributed by atoms with Crippen molar-refractivity contribution in [2.45, 2.75) is 39.5 Å². The van der Waals surface area contributed by atoms with E-state index in [9.17, 15) is 0 Å². The second kappa shape index (κ2) is 6.47. The molecule has 0 fully saturated rings. The van der Waals surface area contributed by atoms with Gasteiger partial charge in [-0.2, -0.15) is 0 Å². The Hall–Kier alpha value is -0.980. The topological polar surface area (TPSA) is 9.23 Å². The molecule has 0 aliphatic heterocycles. The van der Waals surface area contributed by atoms with E-state index >= 15 is 0 Å². The molecule has 0 bridgehead atoms. The van der Waals surface area contributed by atoms with Crippen LogP contribution in [0.15, 0.2) is 24.3 Å². The lowest BCUT2D eigenvalue weighted by atomic mass is 10.1. The van der Waals surface area contributed by atoms with Gasteiger partial charge in [0.25, 0.3) is 0 Å². The maximum absolute atomic E-state index is 5.58. The summed E-state index contributed by atoms with van der Waals surface area (Å²) in [6.45, 7) is 5.16. The molecular weight excluding hydrogens is 172 g/mol. The van der Waals surface area contributed by atoms with Gasteiger partial charge in [0.1, 0.15) is 5.75 Å². The molecule has 0 spiro atoms. The first-order chi connectivity index (χ1) is 6.86. The molecule has 0 N–H and O–H groups in total. The first kappa shape index (κ1) is 11.1. The van der Waals surface area contributed by atoms with E-state index < -0.39 is 0 Å². The highest BCUT2D eigenvalue weighted by molar-refractivity contribution is 5.28. The predicted octanol–water partition coefficient (Wildman–Crippen LogP) is 3.82. The van der Waals surface area contributed by atoms with Crippen molar-refractivity contribution in [2.75, 3.05) is 6.61 Å². The first-order valence-electron chi connectivity index (χ1n) is 5.58. The van der Waals surface area contributed by atoms with Crippen molar-refractivity contribution >= 4 is 0 Å². The number of aryl methyl sites for hydroxylation is 1. The number of hydrogen-bond donors (Lipinski definition) is 0. The number of hydrogen-bond acceptors (Lipinski definition) is 1. The second-order valence-electron chi connectivity index (χ2n) is 3.60. The zero-order chi connectivity index (χ0) is 10.2. The molecule has 1 nitrogen and oxygen atoms in total. The highest BCUT2D eigenvalue weighted by Gasteiger charge is 1.95. The minimum atomic E-state index is 0.817. The van der Waals surface area contributed by atoms with E-state index in [1.807, 2.05) is 6.07 Å². The van der Waals surface area contributed by atoms with Crippen molar-refractivity contribution in [2.24, 2.45) is 0 Å². The Kier molecular flexibility index (Phi) is 5.13. The van der Waals surface area contributed by atoms with Crippen molar-refractivity contribution in [3.63, 3.8) is 0 Å². The Labute approximate surface area is 87.1 Å². The van der Waals surface area contributed by atoms with Crippen molar-refractivity contribution in [3.05, 3.63) is 29.8 Å². The lowest BCUT2D eigenvalue weighted by molar-refractivity contribution is 0.317. The molecule has 0 saturated heterocycles. The molecule has 0 aliphatic rings. The summed E-state index contributed by atoms with van der Waals surface area (Å²) in [5, 5.41) is 0. The summed E-state index contributed by atoms with van der Waals surface area (Å²) in [5.41, 5.74) is 1.39. The molecule has 0 radical (unpaired) electrons. The lowest BCUT2D eigenvalue weighted by Crippen LogP contribution is -1.95. The summed E-state index contributed by atoms with van der Waals surface area (Å²) in [6.07, 6.45) is 4.75. The Balaban J connectivity index is 2.50. The summed E-state index contributed by atoms with van der Waals surface area (Å²) < 4.78 is 5.58. The minimum absolute atomic E-state index is 0.817. The maximum Gasteiger partial charge on any atom is 0.119 e. The molecule has 1 aromatic carbocycles. The van der Waals surface area contributed by atoms with E-state index in [1.54, 1.807) is 0 Å². The molecule has 0 amide bonds. The van der Waals surface area contributed by atoms with Crippen LogP contribution in [0.5, 0.6) is 5.75 Å². The van der Waals surface area contributed by atoms with Crippen LogP contribution in [-0.4, -0.2) is 6.61 Å². The molecule has 1 aromatic rings. The Bertz CT molecular complexity index is 232. The van der Waals surface area contributed by atoms with E-state index in [2.05, 4.69) is 32.0 Å². The third-order valence-corrected chi connectivity index (χ3v) is 2.19. The molecule has 0 heterocycles. The van der Waals surface area contributed by atoms with E-state index in [1.165, 1.54) is 24.8 Å². The van der Waals surface area contributed by atoms with Crippen LogP contribution in [0.1, 0.15) is 38.7 Å². The maximum atomic E-state index is 5.58. The average molecular weight is 192 g/mol. The Morgan fingerprint density at radius 3 is 2.71 bits per heavy atom. The normalized spacial score (nSPS) is 10.1. The summed E-state index contributed by atoms with van der Waals surface area (Å²) in [5.74, 6) is 1.01. The van der Waals surface area contributed by atoms with Gasteiger partial charge in [-0.15, -0.1) is 0 Å². The number of ether oxygens (including phenoxy) is 1. The zero-order valence-corrected chi connectivity index (χ0v) is 9.25. The largest absolute Gasteiger partial charge is 0.494 e. The van der Waals surface area contributed by atoms with Gasteiger partial charge < -0.3 is 4.74 Å². The predicted molar refractivity (Wildman–Crippen MR) is 60.8 cm³/mol. The van der Waals surface area contributed by atoms with Crippen molar-refractivity contribution in [1.82, 2.24) is 0 Å². The highest BCUT2D eigenvalue weighted by Crippen LogP contribution is 2.15. The molecule has 1 heteroatoms. The van der Waals surface area contributed by atoms with Crippen LogP contribution < -0.4 is 4.74 Å². The molecule has 14 heavy (non-hydrogen) atoms. The van der Waals surface area contributed by atoms with Gasteiger partial charge in [0.15, 0.2) is 0 Å². The molecule has 0 atom stereocenters. The minimum Gasteiger partial charge on any atom is -0.494 e. The van der Waals surface area contributed by atoms with Crippen molar-refractivity contribution in [3.8, 4) is 5.75 Å². The van der Waals surface area contributed by atoms with Gasteiger partial charge in [-0.1, -0.05) is 32.4 Å². The van der Waals surface area contributed by atoms with Gasteiger partial charge in [0, 0.05) is 0 Å². The zero-order valence-electron chi connectivity index (χ0n) is 9.25. The van der Waals surface area contributed by atoms with Crippen LogP contribution in [0.3, 0.4) is 0 Å². The van der Waals surface area contributed by atoms with Gasteiger partial charge >= 0.3 is 0 Å². The average Bonchev–Trinajstić information content (AvgIpc) is 2.24. The Morgan fingerprint density at radius 1 is 1.14 bits per heavy atom. The Morgan fingerprint density at radius 2 is 2.00 bits per heavy atom. The third-order valence-electron chi connectivity index (χ3n) is 2.19. The van der Waals surface area contributed by atoms with Gasteiger partial charge in [0.05, 0.1) is 6.61 Å². The third kappa shape index (κ3) is 3.82. The molecule has 0 aliphatic carbocycles. The highest BCUT2D eigenvalue weighted by atomic mass is 16.5. The standard InChI is InChI=1S/C13H20O/c1-3-5-7-12-8-6-9-13(11-12)14-10-4-2/h6,8-9,11H,3-5,7,10H2,1-2H3. The van der Waals surface area contributed by atoms with Crippen LogP contribution in [0.2, 0.25) is 0 Å². The summed E-state index contributed by atoms with van der Waals surface area (Å²) in [4.78, 5) is 0. The monoisotopic (exact) mass is 192 g/mol. The fourth-order valence-electron chi connectivity index (χ4n) is 1.39. The fraction of sp³-hybridized carbons (Fsp3) is 0.538. The van der Waals surface area contributed by atoms with E-state index in [0.717, 1.165) is 18.8 Å². The molecule has 78 valence electrons. The summed E-state index contributed by atoms with van der Waals surface area (Å²) in [7, 11) is 0. The lowest BCUT2D eigenvalue weighted by Gasteiger charge is -2.06. The fourth-order valence-corrected chi connectivity index (χ4v) is 1.39. The first-order valence-corrected chi connectivity index (χ1v) is 5.58. The van der Waals surface area contributed by atoms with Crippen LogP contribution in [0.25, 0.3) is 0 Å². The van der Waals surface area contributed by atoms with Crippen LogP contribution >= 0.6 is 0 Å². The van der Waals surface area contributed by atoms with Gasteiger partial charge in [0.2, 0.25) is 0 Å². The van der Waals surface area contributed by atoms with E-state index in [-0.39, 0.29) is 0 Å². The van der Waals surface area contributed by atoms with Crippen LogP contribution in [0, 0.1) is 0 Å². The number of benzene rings is 1. The van der Waals surface area contributed by atoms with Crippen molar-refractivity contribution in [1.29, 1.82) is 0 Å². The van der Waals surface area contributed by atoms with E-state index in [4.69, 9.17) is 4.74 Å². The number of rotatable bonds is 6. The van der Waals surface area contributed by atoms with E-state index in [0.29, 0.717) is 0 Å². The molecule has 0 aromatic heterocycles. The summed E-state index contributed by atoms with van der Waals surface area (Å²) >= 11 is 0. The molecule has 1 rings (SSSR count). The van der Waals surface area contributed by atoms with Crippen LogP contribution in [0.4, 0.5) is 0 Å². The molecule has 0 unspecified atom stereocenters. The number of unbranched alkanes of at least 4 members (excludes halogenated alkanes) is 1. The van der Waals surface area contributed by atoms with Crippen molar-refractivity contribution < 1.29 is 4.74 Å². The quantitative estimate of drug-likeness (QED) is 0.665. The molecule has 0 saturated carbocycles. The van der Waals surface area contributed by atoms with Gasteiger partial charge in [-0.25, -0.2) is 0 Å². The second-order valence-corrected chi connectivity index (χ2v) is 3.60. The van der Waals surface area contributed by atoms with Gasteiger partial charge in [-0.3, -0.25) is 0 Å². The van der Waals surface area contributed by atoms with Crippen LogP contribution in [-0.2, 0) is 6.42 Å². The smallest absolute Gasteiger partial charge is 0.119 e. The summed E-state index contributed by atoms with van der Waals surface area (Å²) in [6, 6.07) is 8.45.